The van der Waals surface area contributed by atoms with Crippen molar-refractivity contribution in [3.05, 3.63) is 0 Å². The van der Waals surface area contributed by atoms with Crippen LogP contribution in [-0.4, -0.2) is 23.8 Å². The highest BCUT2D eigenvalue weighted by atomic mass is 16.3. The molecule has 2 saturated carbocycles. The van der Waals surface area contributed by atoms with Crippen LogP contribution in [0.3, 0.4) is 0 Å². The number of rotatable bonds is 2. The Kier molecular flexibility index (Phi) is 2.79. The van der Waals surface area contributed by atoms with Crippen LogP contribution in [0.15, 0.2) is 0 Å². The maximum Gasteiger partial charge on any atom is 0.0715 e. The molecule has 1 heterocycles. The molecule has 3 fully saturated rings. The van der Waals surface area contributed by atoms with Gasteiger partial charge in [-0.1, -0.05) is 27.2 Å². The third-order valence-corrected chi connectivity index (χ3v) is 5.76. The molecule has 98 valence electrons. The molecule has 3 aliphatic rings. The first-order valence-electron chi connectivity index (χ1n) is 7.47. The van der Waals surface area contributed by atoms with Crippen LogP contribution in [0.25, 0.3) is 0 Å². The van der Waals surface area contributed by atoms with Crippen LogP contribution in [0.5, 0.6) is 0 Å². The predicted molar refractivity (Wildman–Crippen MR) is 69.6 cm³/mol. The van der Waals surface area contributed by atoms with E-state index in [2.05, 4.69) is 26.1 Å². The van der Waals surface area contributed by atoms with Gasteiger partial charge in [-0.05, 0) is 61.4 Å². The van der Waals surface area contributed by atoms with Crippen molar-refractivity contribution in [2.45, 2.75) is 45.6 Å². The van der Waals surface area contributed by atoms with Crippen LogP contribution >= 0.6 is 0 Å². The number of fused-ring (bicyclic) bond motifs is 1. The monoisotopic (exact) mass is 237 g/mol. The van der Waals surface area contributed by atoms with Crippen molar-refractivity contribution in [1.82, 2.24) is 5.32 Å². The zero-order chi connectivity index (χ0) is 12.2. The Bertz CT molecular complexity index is 293. The number of nitrogens with one attached hydrogen (secondary N) is 1. The Balaban J connectivity index is 1.81. The molecule has 1 saturated heterocycles. The van der Waals surface area contributed by atoms with E-state index in [1.807, 2.05) is 0 Å². The lowest BCUT2D eigenvalue weighted by Gasteiger charge is -2.46. The topological polar surface area (TPSA) is 32.3 Å². The van der Waals surface area contributed by atoms with Gasteiger partial charge in [-0.15, -0.1) is 0 Å². The molecule has 0 amide bonds. The van der Waals surface area contributed by atoms with Crippen LogP contribution in [0.2, 0.25) is 0 Å². The van der Waals surface area contributed by atoms with Crippen LogP contribution in [0, 0.1) is 35.5 Å². The van der Waals surface area contributed by atoms with Crippen molar-refractivity contribution in [1.29, 1.82) is 0 Å². The average Bonchev–Trinajstić information content (AvgIpc) is 2.75. The molecule has 2 nitrogen and oxygen atoms in total. The molecule has 5 unspecified atom stereocenters. The fourth-order valence-corrected chi connectivity index (χ4v) is 4.98. The summed E-state index contributed by atoms with van der Waals surface area (Å²) in [6.07, 6.45) is 3.59. The van der Waals surface area contributed by atoms with Gasteiger partial charge in [0.2, 0.25) is 0 Å². The van der Waals surface area contributed by atoms with E-state index in [4.69, 9.17) is 0 Å². The maximum absolute atomic E-state index is 11.3. The molecule has 1 aliphatic heterocycles. The van der Waals surface area contributed by atoms with Crippen molar-refractivity contribution in [3.8, 4) is 0 Å². The second-order valence-electron chi connectivity index (χ2n) is 7.24. The van der Waals surface area contributed by atoms with Gasteiger partial charge in [0, 0.05) is 0 Å². The van der Waals surface area contributed by atoms with E-state index in [-0.39, 0.29) is 5.60 Å². The van der Waals surface area contributed by atoms with E-state index >= 15 is 0 Å². The van der Waals surface area contributed by atoms with Crippen molar-refractivity contribution in [2.24, 2.45) is 35.5 Å². The standard InChI is InChI=1S/C15H27NO/c1-9(2)13-5-4-10(3)6-15(13,17)14-11-7-16-8-12(11)14/h9-14,16-17H,4-8H2,1-3H3. The van der Waals surface area contributed by atoms with E-state index in [0.29, 0.717) is 23.7 Å². The normalized spacial score (nSPS) is 53.8. The maximum atomic E-state index is 11.3. The molecule has 2 N–H and O–H groups in total. The molecule has 5 atom stereocenters. The number of hydrogen-bond acceptors (Lipinski definition) is 2. The molecular weight excluding hydrogens is 210 g/mol. The minimum atomic E-state index is -0.344. The summed E-state index contributed by atoms with van der Waals surface area (Å²) >= 11 is 0. The fraction of sp³-hybridized carbons (Fsp3) is 1.00. The van der Waals surface area contributed by atoms with E-state index in [9.17, 15) is 5.11 Å². The third-order valence-electron chi connectivity index (χ3n) is 5.76. The van der Waals surface area contributed by atoms with Gasteiger partial charge in [0.25, 0.3) is 0 Å². The van der Waals surface area contributed by atoms with E-state index in [0.717, 1.165) is 31.3 Å². The summed E-state index contributed by atoms with van der Waals surface area (Å²) in [7, 11) is 0. The Morgan fingerprint density at radius 1 is 1.18 bits per heavy atom. The first kappa shape index (κ1) is 12.0. The Morgan fingerprint density at radius 3 is 2.41 bits per heavy atom. The molecule has 2 aliphatic carbocycles. The van der Waals surface area contributed by atoms with Gasteiger partial charge in [-0.25, -0.2) is 0 Å². The highest BCUT2D eigenvalue weighted by Crippen LogP contribution is 2.61. The zero-order valence-electron chi connectivity index (χ0n) is 11.4. The van der Waals surface area contributed by atoms with Gasteiger partial charge in [-0.2, -0.15) is 0 Å². The van der Waals surface area contributed by atoms with Gasteiger partial charge in [-0.3, -0.25) is 0 Å². The molecule has 0 radical (unpaired) electrons. The predicted octanol–water partition coefficient (Wildman–Crippen LogP) is 2.28. The molecule has 0 aromatic heterocycles. The minimum absolute atomic E-state index is 0.344. The van der Waals surface area contributed by atoms with E-state index in [1.54, 1.807) is 0 Å². The zero-order valence-corrected chi connectivity index (χ0v) is 11.4. The van der Waals surface area contributed by atoms with Crippen LogP contribution < -0.4 is 5.32 Å². The van der Waals surface area contributed by atoms with Gasteiger partial charge in [0.15, 0.2) is 0 Å². The SMILES string of the molecule is CC1CCC(C(C)C)C(O)(C2C3CNCC32)C1. The van der Waals surface area contributed by atoms with Crippen LogP contribution in [0.4, 0.5) is 0 Å². The van der Waals surface area contributed by atoms with Gasteiger partial charge in [0.05, 0.1) is 5.60 Å². The minimum Gasteiger partial charge on any atom is -0.389 e. The summed E-state index contributed by atoms with van der Waals surface area (Å²) in [5.41, 5.74) is -0.344. The molecule has 17 heavy (non-hydrogen) atoms. The Morgan fingerprint density at radius 2 is 1.82 bits per heavy atom. The molecule has 0 aromatic carbocycles. The first-order valence-corrected chi connectivity index (χ1v) is 7.47. The number of piperidine rings is 1. The summed E-state index contributed by atoms with van der Waals surface area (Å²) < 4.78 is 0. The highest BCUT2D eigenvalue weighted by Gasteiger charge is 2.64. The molecule has 2 heteroatoms. The molecular formula is C15H27NO. The smallest absolute Gasteiger partial charge is 0.0715 e. The molecule has 0 spiro atoms. The van der Waals surface area contributed by atoms with Gasteiger partial charge < -0.3 is 10.4 Å². The lowest BCUT2D eigenvalue weighted by Crippen LogP contribution is -2.49. The van der Waals surface area contributed by atoms with Crippen LogP contribution in [0.1, 0.15) is 40.0 Å². The summed E-state index contributed by atoms with van der Waals surface area (Å²) in [5.74, 6) is 4.05. The molecule has 0 bridgehead atoms. The Hall–Kier alpha value is -0.0800. The lowest BCUT2D eigenvalue weighted by atomic mass is 9.64. The van der Waals surface area contributed by atoms with Crippen molar-refractivity contribution < 1.29 is 5.11 Å². The van der Waals surface area contributed by atoms with Crippen LogP contribution in [-0.2, 0) is 0 Å². The quantitative estimate of drug-likeness (QED) is 0.772. The second-order valence-corrected chi connectivity index (χ2v) is 7.24. The summed E-state index contributed by atoms with van der Waals surface area (Å²) in [6.45, 7) is 9.20. The average molecular weight is 237 g/mol. The molecule has 0 aromatic rings. The van der Waals surface area contributed by atoms with Gasteiger partial charge in [0.1, 0.15) is 0 Å². The largest absolute Gasteiger partial charge is 0.389 e. The number of hydrogen-bond donors (Lipinski definition) is 2. The highest BCUT2D eigenvalue weighted by molar-refractivity contribution is 5.15. The summed E-state index contributed by atoms with van der Waals surface area (Å²) in [5, 5.41) is 14.7. The van der Waals surface area contributed by atoms with E-state index < -0.39 is 0 Å². The second kappa shape index (κ2) is 3.96. The number of aliphatic hydroxyl groups is 1. The van der Waals surface area contributed by atoms with Crippen molar-refractivity contribution in [2.75, 3.05) is 13.1 Å². The van der Waals surface area contributed by atoms with Crippen molar-refractivity contribution in [3.63, 3.8) is 0 Å². The Labute approximate surface area is 105 Å². The first-order chi connectivity index (χ1) is 8.04. The van der Waals surface area contributed by atoms with Gasteiger partial charge >= 0.3 is 0 Å². The lowest BCUT2D eigenvalue weighted by molar-refractivity contribution is -0.104. The molecule has 3 rings (SSSR count). The fourth-order valence-electron chi connectivity index (χ4n) is 4.98. The van der Waals surface area contributed by atoms with Crippen molar-refractivity contribution >= 4 is 0 Å². The third kappa shape index (κ3) is 1.76. The summed E-state index contributed by atoms with van der Waals surface area (Å²) in [4.78, 5) is 0. The summed E-state index contributed by atoms with van der Waals surface area (Å²) in [6, 6.07) is 0. The van der Waals surface area contributed by atoms with E-state index in [1.165, 1.54) is 12.8 Å².